The van der Waals surface area contributed by atoms with Crippen molar-refractivity contribution in [3.8, 4) is 17.2 Å². The monoisotopic (exact) mass is 481 g/mol. The highest BCUT2D eigenvalue weighted by atomic mass is 35.5. The smallest absolute Gasteiger partial charge is 0.257 e. The molecule has 1 aliphatic heterocycles. The second-order valence-electron chi connectivity index (χ2n) is 7.98. The fraction of sp³-hybridized carbons (Fsp3) is 0.296. The number of rotatable bonds is 9. The molecule has 1 atom stereocenters. The highest BCUT2D eigenvalue weighted by Crippen LogP contribution is 2.47. The average Bonchev–Trinajstić information content (AvgIpc) is 3.11. The Hall–Kier alpha value is -3.22. The Morgan fingerprint density at radius 3 is 2.15 bits per heavy atom. The van der Waals surface area contributed by atoms with Crippen LogP contribution in [0.15, 0.2) is 60.7 Å². The summed E-state index contributed by atoms with van der Waals surface area (Å²) in [5.41, 5.74) is 1.99. The van der Waals surface area contributed by atoms with E-state index in [0.717, 1.165) is 23.1 Å². The Morgan fingerprint density at radius 1 is 0.912 bits per heavy atom. The van der Waals surface area contributed by atoms with Crippen LogP contribution in [0.3, 0.4) is 0 Å². The van der Waals surface area contributed by atoms with Gasteiger partial charge in [0.25, 0.3) is 5.91 Å². The van der Waals surface area contributed by atoms with Crippen molar-refractivity contribution >= 4 is 17.5 Å². The van der Waals surface area contributed by atoms with E-state index < -0.39 is 5.72 Å². The third-order valence-electron chi connectivity index (χ3n) is 6.00. The molecule has 1 amide bonds. The molecule has 0 bridgehead atoms. The normalized spacial score (nSPS) is 17.0. The van der Waals surface area contributed by atoms with Crippen LogP contribution >= 0.6 is 11.6 Å². The number of amides is 1. The maximum atomic E-state index is 13.5. The SMILES string of the molecule is CCCN1C(=O)c2ccccc2C1(OCc1cc(OC)c(OC)c(OC)c1)c1ccc(Cl)cc1. The Labute approximate surface area is 205 Å². The number of fused-ring (bicyclic) bond motifs is 1. The Kier molecular flexibility index (Phi) is 7.00. The molecule has 1 unspecified atom stereocenters. The third kappa shape index (κ3) is 3.97. The molecule has 34 heavy (non-hydrogen) atoms. The number of carbonyl (C=O) groups is 1. The van der Waals surface area contributed by atoms with Gasteiger partial charge in [0.1, 0.15) is 0 Å². The van der Waals surface area contributed by atoms with Crippen molar-refractivity contribution in [2.24, 2.45) is 0 Å². The first-order valence-electron chi connectivity index (χ1n) is 11.1. The van der Waals surface area contributed by atoms with Crippen molar-refractivity contribution < 1.29 is 23.7 Å². The lowest BCUT2D eigenvalue weighted by molar-refractivity contribution is -0.117. The highest BCUT2D eigenvalue weighted by molar-refractivity contribution is 6.30. The van der Waals surface area contributed by atoms with E-state index in [4.69, 9.17) is 30.5 Å². The molecule has 6 nitrogen and oxygen atoms in total. The number of hydrogen-bond acceptors (Lipinski definition) is 5. The Bertz CT molecular complexity index is 1150. The standard InChI is InChI=1S/C27H28ClNO5/c1-5-14-29-26(30)21-8-6-7-9-22(21)27(29,19-10-12-20(28)13-11-19)34-17-18-15-23(31-2)25(33-4)24(16-18)32-3/h6-13,15-16H,5,14,17H2,1-4H3. The van der Waals surface area contributed by atoms with Gasteiger partial charge in [-0.3, -0.25) is 4.79 Å². The second-order valence-corrected chi connectivity index (χ2v) is 8.41. The molecule has 0 N–H and O–H groups in total. The molecule has 1 aliphatic rings. The second kappa shape index (κ2) is 9.95. The van der Waals surface area contributed by atoms with Crippen LogP contribution in [0, 0.1) is 0 Å². The van der Waals surface area contributed by atoms with Crippen molar-refractivity contribution in [2.75, 3.05) is 27.9 Å². The third-order valence-corrected chi connectivity index (χ3v) is 6.25. The summed E-state index contributed by atoms with van der Waals surface area (Å²) in [6, 6.07) is 18.8. The van der Waals surface area contributed by atoms with Gasteiger partial charge in [0.2, 0.25) is 5.75 Å². The van der Waals surface area contributed by atoms with Crippen molar-refractivity contribution in [3.63, 3.8) is 0 Å². The van der Waals surface area contributed by atoms with Crippen LogP contribution in [-0.4, -0.2) is 38.7 Å². The van der Waals surface area contributed by atoms with Gasteiger partial charge in [0.05, 0.1) is 27.9 Å². The summed E-state index contributed by atoms with van der Waals surface area (Å²) in [4.78, 5) is 15.3. The largest absolute Gasteiger partial charge is 0.493 e. The lowest BCUT2D eigenvalue weighted by atomic mass is 9.93. The van der Waals surface area contributed by atoms with Gasteiger partial charge in [-0.25, -0.2) is 0 Å². The fourth-order valence-electron chi connectivity index (χ4n) is 4.51. The lowest BCUT2D eigenvalue weighted by Crippen LogP contribution is -2.47. The average molecular weight is 482 g/mol. The number of halogens is 1. The van der Waals surface area contributed by atoms with E-state index in [1.54, 1.807) is 26.2 Å². The van der Waals surface area contributed by atoms with E-state index in [1.165, 1.54) is 0 Å². The van der Waals surface area contributed by atoms with E-state index in [9.17, 15) is 4.79 Å². The highest BCUT2D eigenvalue weighted by Gasteiger charge is 2.51. The summed E-state index contributed by atoms with van der Waals surface area (Å²) in [5, 5.41) is 0.614. The van der Waals surface area contributed by atoms with Crippen LogP contribution in [0.25, 0.3) is 0 Å². The molecule has 4 rings (SSSR count). The minimum absolute atomic E-state index is 0.0581. The summed E-state index contributed by atoms with van der Waals surface area (Å²) < 4.78 is 23.2. The van der Waals surface area contributed by atoms with E-state index in [0.29, 0.717) is 34.4 Å². The molecule has 0 fully saturated rings. The number of carbonyl (C=O) groups excluding carboxylic acids is 1. The zero-order chi connectivity index (χ0) is 24.3. The zero-order valence-electron chi connectivity index (χ0n) is 19.8. The van der Waals surface area contributed by atoms with Gasteiger partial charge in [-0.15, -0.1) is 0 Å². The fourth-order valence-corrected chi connectivity index (χ4v) is 4.64. The first kappa shape index (κ1) is 23.9. The van der Waals surface area contributed by atoms with Gasteiger partial charge in [-0.1, -0.05) is 48.9 Å². The molecule has 7 heteroatoms. The molecule has 178 valence electrons. The van der Waals surface area contributed by atoms with E-state index in [2.05, 4.69) is 0 Å². The van der Waals surface area contributed by atoms with Crippen molar-refractivity contribution in [2.45, 2.75) is 25.7 Å². The number of nitrogens with zero attached hydrogens (tertiary/aromatic N) is 1. The number of methoxy groups -OCH3 is 3. The van der Waals surface area contributed by atoms with Crippen molar-refractivity contribution in [1.82, 2.24) is 4.90 Å². The van der Waals surface area contributed by atoms with Crippen LogP contribution in [0.4, 0.5) is 0 Å². The van der Waals surface area contributed by atoms with Crippen LogP contribution in [0.2, 0.25) is 5.02 Å². The van der Waals surface area contributed by atoms with E-state index in [-0.39, 0.29) is 12.5 Å². The number of hydrogen-bond donors (Lipinski definition) is 0. The molecular formula is C27H28ClNO5. The van der Waals surface area contributed by atoms with Gasteiger partial charge >= 0.3 is 0 Å². The van der Waals surface area contributed by atoms with Gasteiger partial charge in [0, 0.05) is 28.3 Å². The Balaban J connectivity index is 1.84. The maximum Gasteiger partial charge on any atom is 0.257 e. The van der Waals surface area contributed by atoms with Crippen LogP contribution < -0.4 is 14.2 Å². The van der Waals surface area contributed by atoms with Crippen molar-refractivity contribution in [1.29, 1.82) is 0 Å². The van der Waals surface area contributed by atoms with Gasteiger partial charge < -0.3 is 23.8 Å². The first-order chi connectivity index (χ1) is 16.5. The summed E-state index contributed by atoms with van der Waals surface area (Å²) in [6.45, 7) is 2.77. The maximum absolute atomic E-state index is 13.5. The lowest BCUT2D eigenvalue weighted by Gasteiger charge is -2.39. The van der Waals surface area contributed by atoms with Crippen LogP contribution in [0.1, 0.15) is 40.4 Å². The molecule has 1 heterocycles. The van der Waals surface area contributed by atoms with Crippen molar-refractivity contribution in [3.05, 3.63) is 87.9 Å². The number of benzene rings is 3. The Morgan fingerprint density at radius 2 is 1.56 bits per heavy atom. The molecular weight excluding hydrogens is 454 g/mol. The minimum Gasteiger partial charge on any atom is -0.493 e. The minimum atomic E-state index is -1.10. The van der Waals surface area contributed by atoms with Crippen LogP contribution in [0.5, 0.6) is 17.2 Å². The molecule has 0 spiro atoms. The molecule has 3 aromatic carbocycles. The molecule has 0 aliphatic carbocycles. The van der Waals surface area contributed by atoms with Crippen LogP contribution in [-0.2, 0) is 17.1 Å². The zero-order valence-corrected chi connectivity index (χ0v) is 20.5. The molecule has 0 radical (unpaired) electrons. The van der Waals surface area contributed by atoms with E-state index >= 15 is 0 Å². The van der Waals surface area contributed by atoms with Gasteiger partial charge in [-0.2, -0.15) is 0 Å². The summed E-state index contributed by atoms with van der Waals surface area (Å²) >= 11 is 6.20. The summed E-state index contributed by atoms with van der Waals surface area (Å²) in [6.07, 6.45) is 0.780. The molecule has 0 saturated heterocycles. The molecule has 3 aromatic rings. The quantitative estimate of drug-likeness (QED) is 0.395. The molecule has 0 saturated carbocycles. The summed E-state index contributed by atoms with van der Waals surface area (Å²) in [7, 11) is 4.72. The van der Waals surface area contributed by atoms with Gasteiger partial charge in [-0.05, 0) is 42.3 Å². The predicted octanol–water partition coefficient (Wildman–Crippen LogP) is 5.65. The van der Waals surface area contributed by atoms with Gasteiger partial charge in [0.15, 0.2) is 17.2 Å². The number of ether oxygens (including phenoxy) is 4. The predicted molar refractivity (Wildman–Crippen MR) is 131 cm³/mol. The summed E-state index contributed by atoms with van der Waals surface area (Å²) in [5.74, 6) is 1.52. The first-order valence-corrected chi connectivity index (χ1v) is 11.5. The molecule has 0 aromatic heterocycles. The topological polar surface area (TPSA) is 57.2 Å². The van der Waals surface area contributed by atoms with E-state index in [1.807, 2.05) is 67.6 Å².